The molecule has 2 aliphatic heterocycles. The van der Waals surface area contributed by atoms with Gasteiger partial charge >= 0.3 is 6.09 Å². The minimum Gasteiger partial charge on any atom is -0.434 e. The van der Waals surface area contributed by atoms with Crippen LogP contribution >= 0.6 is 0 Å². The van der Waals surface area contributed by atoms with Gasteiger partial charge in [-0.25, -0.2) is 13.4 Å². The molecule has 0 bridgehead atoms. The Morgan fingerprint density at radius 2 is 2.21 bits per heavy atom. The number of nitrogens with two attached hydrogens (primary N) is 1. The molecule has 0 saturated carbocycles. The van der Waals surface area contributed by atoms with Crippen molar-refractivity contribution in [3.63, 3.8) is 0 Å². The number of benzene rings is 1. The molecular weight excluding hydrogens is 337 g/mol. The van der Waals surface area contributed by atoms with Gasteiger partial charge in [0.25, 0.3) is 5.91 Å². The summed E-state index contributed by atoms with van der Waals surface area (Å²) in [7, 11) is -2.59. The van der Waals surface area contributed by atoms with E-state index in [1.54, 1.807) is 12.1 Å². The van der Waals surface area contributed by atoms with Crippen LogP contribution in [0.2, 0.25) is 0 Å². The molecule has 2 heterocycles. The van der Waals surface area contributed by atoms with Crippen molar-refractivity contribution in [1.29, 1.82) is 4.78 Å². The van der Waals surface area contributed by atoms with Crippen LogP contribution in [0.1, 0.15) is 12.0 Å². The average Bonchev–Trinajstić information content (AvgIpc) is 2.90. The van der Waals surface area contributed by atoms with Crippen LogP contribution in [0, 0.1) is 10.6 Å². The Labute approximate surface area is 138 Å². The first-order valence-corrected chi connectivity index (χ1v) is 9.17. The first kappa shape index (κ1) is 16.4. The molecule has 3 rings (SSSR count). The lowest BCUT2D eigenvalue weighted by molar-refractivity contribution is -0.124. The van der Waals surface area contributed by atoms with E-state index in [4.69, 9.17) is 15.3 Å². The topological polar surface area (TPSA) is 114 Å². The van der Waals surface area contributed by atoms with E-state index in [-0.39, 0.29) is 23.7 Å². The molecule has 24 heavy (non-hydrogen) atoms. The molecule has 0 aliphatic carbocycles. The van der Waals surface area contributed by atoms with Crippen molar-refractivity contribution >= 4 is 33.0 Å². The minimum absolute atomic E-state index is 0.0590. The second-order valence-corrected chi connectivity index (χ2v) is 8.08. The molecule has 2 amide bonds. The van der Waals surface area contributed by atoms with Crippen LogP contribution in [-0.4, -0.2) is 40.4 Å². The van der Waals surface area contributed by atoms with Crippen molar-refractivity contribution in [3.8, 4) is 0 Å². The van der Waals surface area contributed by atoms with E-state index >= 15 is 0 Å². The lowest BCUT2D eigenvalue weighted by Crippen LogP contribution is -2.32. The van der Waals surface area contributed by atoms with Gasteiger partial charge in [-0.1, -0.05) is 6.08 Å². The zero-order valence-corrected chi connectivity index (χ0v) is 13.5. The number of amides is 2. The van der Waals surface area contributed by atoms with Crippen molar-refractivity contribution in [2.45, 2.75) is 12.5 Å². The number of carbonyl (C=O) groups excluding carboxylic acids is 2. The van der Waals surface area contributed by atoms with Crippen molar-refractivity contribution in [2.75, 3.05) is 23.0 Å². The lowest BCUT2D eigenvalue weighted by Gasteiger charge is -2.18. The molecule has 1 aromatic carbocycles. The summed E-state index contributed by atoms with van der Waals surface area (Å²) in [5.74, 6) is -0.970. The molecule has 0 radical (unpaired) electrons. The van der Waals surface area contributed by atoms with Gasteiger partial charge in [0.1, 0.15) is 5.82 Å². The summed E-state index contributed by atoms with van der Waals surface area (Å²) in [6.07, 6.45) is 0.196. The van der Waals surface area contributed by atoms with Crippen LogP contribution in [-0.2, 0) is 19.3 Å². The molecule has 9 heteroatoms. The molecule has 7 nitrogen and oxygen atoms in total. The molecule has 1 unspecified atom stereocenters. The largest absolute Gasteiger partial charge is 0.434 e. The van der Waals surface area contributed by atoms with E-state index in [0.717, 1.165) is 4.90 Å². The van der Waals surface area contributed by atoms with Crippen LogP contribution in [0.5, 0.6) is 0 Å². The Morgan fingerprint density at radius 3 is 2.75 bits per heavy atom. The maximum atomic E-state index is 14.4. The van der Waals surface area contributed by atoms with Crippen LogP contribution in [0.4, 0.5) is 14.9 Å². The predicted octanol–water partition coefficient (Wildman–Crippen LogP) is 1.47. The summed E-state index contributed by atoms with van der Waals surface area (Å²) in [5, 5.41) is 0. The smallest absolute Gasteiger partial charge is 0.415 e. The number of cyclic esters (lactones) is 1. The number of halogens is 1. The number of nitrogens with zero attached hydrogens (tertiary/aromatic N) is 1. The maximum absolute atomic E-state index is 14.4. The number of ether oxygens (including phenoxy) is 1. The van der Waals surface area contributed by atoms with Gasteiger partial charge in [0.2, 0.25) is 0 Å². The SMILES string of the molecule is N=S1(=O)CC=C(c2ccc(N3C[C@H](C(N)=O)OC3=O)cc2F)CC1. The molecule has 0 spiro atoms. The molecule has 2 aliphatic rings. The second-order valence-electron chi connectivity index (χ2n) is 5.71. The lowest BCUT2D eigenvalue weighted by atomic mass is 10.0. The van der Waals surface area contributed by atoms with Crippen molar-refractivity contribution in [1.82, 2.24) is 0 Å². The number of hydrogen-bond acceptors (Lipinski definition) is 5. The van der Waals surface area contributed by atoms with Gasteiger partial charge in [0, 0.05) is 21.0 Å². The normalized spacial score (nSPS) is 26.9. The van der Waals surface area contributed by atoms with E-state index in [2.05, 4.69) is 0 Å². The average molecular weight is 353 g/mol. The molecular formula is C15H16FN3O4S. The van der Waals surface area contributed by atoms with Crippen LogP contribution in [0.25, 0.3) is 5.57 Å². The van der Waals surface area contributed by atoms with Gasteiger partial charge in [-0.05, 0) is 30.2 Å². The summed E-state index contributed by atoms with van der Waals surface area (Å²) in [4.78, 5) is 24.0. The Morgan fingerprint density at radius 1 is 1.46 bits per heavy atom. The third kappa shape index (κ3) is 3.12. The highest BCUT2D eigenvalue weighted by Crippen LogP contribution is 2.30. The first-order valence-electron chi connectivity index (χ1n) is 7.27. The summed E-state index contributed by atoms with van der Waals surface area (Å²) in [6.45, 7) is -0.0590. The first-order chi connectivity index (χ1) is 11.3. The van der Waals surface area contributed by atoms with Gasteiger partial charge in [-0.3, -0.25) is 14.5 Å². The molecule has 0 aromatic heterocycles. The Kier molecular flexibility index (Phi) is 4.04. The molecule has 128 valence electrons. The van der Waals surface area contributed by atoms with Crippen LogP contribution < -0.4 is 10.6 Å². The zero-order chi connectivity index (χ0) is 17.5. The fraction of sp³-hybridized carbons (Fsp3) is 0.333. The number of carbonyl (C=O) groups is 2. The van der Waals surface area contributed by atoms with E-state index in [1.165, 1.54) is 12.1 Å². The van der Waals surface area contributed by atoms with Crippen molar-refractivity contribution in [2.24, 2.45) is 5.73 Å². The fourth-order valence-electron chi connectivity index (χ4n) is 2.69. The van der Waals surface area contributed by atoms with Gasteiger partial charge in [-0.2, -0.15) is 0 Å². The van der Waals surface area contributed by atoms with Gasteiger partial charge in [-0.15, -0.1) is 0 Å². The number of anilines is 1. The number of primary amides is 1. The van der Waals surface area contributed by atoms with Crippen molar-refractivity contribution < 1.29 is 22.9 Å². The monoisotopic (exact) mass is 353 g/mol. The standard InChI is InChI=1S/C15H16FN3O4S/c16-12-7-10(19-8-13(14(17)20)23-15(19)21)1-2-11(12)9-3-5-24(18,22)6-4-9/h1-3,7,13,18H,4-6,8H2,(H2,17,20)/t13-,24?/m1/s1. The van der Waals surface area contributed by atoms with Gasteiger partial charge < -0.3 is 10.5 Å². The second kappa shape index (κ2) is 5.90. The zero-order valence-electron chi connectivity index (χ0n) is 12.7. The van der Waals surface area contributed by atoms with Crippen LogP contribution in [0.15, 0.2) is 24.3 Å². The van der Waals surface area contributed by atoms with Gasteiger partial charge in [0.05, 0.1) is 18.0 Å². The molecule has 3 N–H and O–H groups in total. The Balaban J connectivity index is 1.85. The third-order valence-corrected chi connectivity index (χ3v) is 5.61. The molecule has 2 atom stereocenters. The van der Waals surface area contributed by atoms with Crippen LogP contribution in [0.3, 0.4) is 0 Å². The quantitative estimate of drug-likeness (QED) is 0.856. The number of nitrogens with one attached hydrogen (secondary N) is 1. The van der Waals surface area contributed by atoms with E-state index in [9.17, 15) is 18.2 Å². The third-order valence-electron chi connectivity index (χ3n) is 4.04. The van der Waals surface area contributed by atoms with E-state index < -0.39 is 33.7 Å². The highest BCUT2D eigenvalue weighted by atomic mass is 32.2. The Bertz CT molecular complexity index is 850. The number of allylic oxidation sites excluding steroid dienone is 1. The predicted molar refractivity (Wildman–Crippen MR) is 86.4 cm³/mol. The molecule has 1 saturated heterocycles. The summed E-state index contributed by atoms with van der Waals surface area (Å²) in [6, 6.07) is 4.27. The summed E-state index contributed by atoms with van der Waals surface area (Å²) < 4.78 is 38.5. The fourth-order valence-corrected chi connectivity index (χ4v) is 3.88. The highest BCUT2D eigenvalue weighted by molar-refractivity contribution is 7.92. The van der Waals surface area contributed by atoms with E-state index in [0.29, 0.717) is 17.6 Å². The number of hydrogen-bond donors (Lipinski definition) is 2. The summed E-state index contributed by atoms with van der Waals surface area (Å²) in [5.41, 5.74) is 6.43. The molecule has 1 fully saturated rings. The van der Waals surface area contributed by atoms with Gasteiger partial charge in [0.15, 0.2) is 6.10 Å². The number of rotatable bonds is 3. The summed E-state index contributed by atoms with van der Waals surface area (Å²) >= 11 is 0. The van der Waals surface area contributed by atoms with E-state index in [1.807, 2.05) is 0 Å². The minimum atomic E-state index is -2.59. The maximum Gasteiger partial charge on any atom is 0.415 e. The Hall–Kier alpha value is -2.42. The molecule has 1 aromatic rings. The highest BCUT2D eigenvalue weighted by Gasteiger charge is 2.36. The van der Waals surface area contributed by atoms with Crippen molar-refractivity contribution in [3.05, 3.63) is 35.7 Å².